The van der Waals surface area contributed by atoms with Crippen molar-refractivity contribution in [1.82, 2.24) is 4.90 Å². The number of halogens is 2. The fourth-order valence-corrected chi connectivity index (χ4v) is 3.30. The van der Waals surface area contributed by atoms with Gasteiger partial charge in [0.1, 0.15) is 6.17 Å². The molecule has 3 heteroatoms. The highest BCUT2D eigenvalue weighted by molar-refractivity contribution is 6.20. The Hall–Kier alpha value is 0.180. The van der Waals surface area contributed by atoms with Crippen LogP contribution in [0.15, 0.2) is 0 Å². The predicted molar refractivity (Wildman–Crippen MR) is 62.2 cm³/mol. The molecule has 2 unspecified atom stereocenters. The van der Waals surface area contributed by atoms with E-state index in [1.54, 1.807) is 0 Å². The molecule has 0 bridgehead atoms. The Kier molecular flexibility index (Phi) is 4.27. The zero-order valence-corrected chi connectivity index (χ0v) is 10.1. The lowest BCUT2D eigenvalue weighted by Gasteiger charge is -2.37. The molecule has 1 aliphatic carbocycles. The molecule has 0 aromatic carbocycles. The number of alkyl halides is 2. The molecule has 2 atom stereocenters. The molecular weight excluding hydrogens is 213 g/mol. The first-order chi connectivity index (χ1) is 7.25. The molecule has 1 nitrogen and oxygen atoms in total. The molecule has 0 spiro atoms. The number of likely N-dealkylation sites (tertiary alicyclic amines) is 1. The summed E-state index contributed by atoms with van der Waals surface area (Å²) in [5, 5.41) is 0.0250. The average Bonchev–Trinajstić information content (AvgIpc) is 2.43. The van der Waals surface area contributed by atoms with E-state index >= 15 is 0 Å². The topological polar surface area (TPSA) is 3.24 Å². The van der Waals surface area contributed by atoms with E-state index in [1.807, 2.05) is 0 Å². The van der Waals surface area contributed by atoms with Gasteiger partial charge in [-0.25, -0.2) is 4.39 Å². The van der Waals surface area contributed by atoms with Gasteiger partial charge in [-0.1, -0.05) is 25.7 Å². The summed E-state index contributed by atoms with van der Waals surface area (Å²) in [4.78, 5) is 2.30. The van der Waals surface area contributed by atoms with Gasteiger partial charge in [-0.05, 0) is 19.3 Å². The quantitative estimate of drug-likeness (QED) is 0.496. The van der Waals surface area contributed by atoms with Crippen molar-refractivity contribution in [3.8, 4) is 0 Å². The molecule has 0 aromatic rings. The minimum Gasteiger partial charge on any atom is -0.296 e. The van der Waals surface area contributed by atoms with Gasteiger partial charge < -0.3 is 0 Å². The van der Waals surface area contributed by atoms with E-state index in [0.29, 0.717) is 19.0 Å². The molecule has 0 aromatic heterocycles. The summed E-state index contributed by atoms with van der Waals surface area (Å²) in [5.41, 5.74) is 0. The van der Waals surface area contributed by atoms with Crippen LogP contribution in [-0.4, -0.2) is 35.6 Å². The summed E-state index contributed by atoms with van der Waals surface area (Å²) in [5.74, 6) is 0. The minimum absolute atomic E-state index is 0.0250. The van der Waals surface area contributed by atoms with E-state index in [4.69, 9.17) is 11.6 Å². The van der Waals surface area contributed by atoms with E-state index in [0.717, 1.165) is 6.54 Å². The normalized spacial score (nSPS) is 36.4. The van der Waals surface area contributed by atoms with Crippen LogP contribution in [0.2, 0.25) is 0 Å². The Morgan fingerprint density at radius 2 is 1.67 bits per heavy atom. The summed E-state index contributed by atoms with van der Waals surface area (Å²) in [6, 6.07) is 0.604. The summed E-state index contributed by atoms with van der Waals surface area (Å²) in [7, 11) is 0. The minimum atomic E-state index is -0.704. The Labute approximate surface area is 97.0 Å². The van der Waals surface area contributed by atoms with Crippen LogP contribution in [0.25, 0.3) is 0 Å². The van der Waals surface area contributed by atoms with Crippen LogP contribution in [-0.2, 0) is 0 Å². The second-order valence-electron chi connectivity index (χ2n) is 5.03. The smallest absolute Gasteiger partial charge is 0.114 e. The number of nitrogens with zero attached hydrogens (tertiary/aromatic N) is 1. The van der Waals surface area contributed by atoms with Crippen molar-refractivity contribution in [3.05, 3.63) is 0 Å². The zero-order valence-electron chi connectivity index (χ0n) is 9.30. The molecule has 1 aliphatic heterocycles. The van der Waals surface area contributed by atoms with Crippen LogP contribution < -0.4 is 0 Å². The van der Waals surface area contributed by atoms with Crippen molar-refractivity contribution in [3.63, 3.8) is 0 Å². The van der Waals surface area contributed by atoms with Gasteiger partial charge in [0.15, 0.2) is 0 Å². The second kappa shape index (κ2) is 5.49. The third-order valence-electron chi connectivity index (χ3n) is 3.72. The van der Waals surface area contributed by atoms with E-state index in [1.165, 1.54) is 38.5 Å². The van der Waals surface area contributed by atoms with Gasteiger partial charge in [-0.3, -0.25) is 4.90 Å². The zero-order chi connectivity index (χ0) is 10.7. The predicted octanol–water partition coefficient (Wildman–Crippen LogP) is 3.36. The third kappa shape index (κ3) is 3.32. The van der Waals surface area contributed by atoms with Gasteiger partial charge >= 0.3 is 0 Å². The lowest BCUT2D eigenvalue weighted by atomic mass is 10.0. The Morgan fingerprint density at radius 3 is 2.27 bits per heavy atom. The molecule has 0 amide bonds. The lowest BCUT2D eigenvalue weighted by Crippen LogP contribution is -2.47. The highest BCUT2D eigenvalue weighted by atomic mass is 35.5. The summed E-state index contributed by atoms with van der Waals surface area (Å²) < 4.78 is 13.4. The SMILES string of the molecule is FC1CC(Cl)CN(C2CCCCCC2)C1. The first kappa shape index (κ1) is 11.7. The molecule has 1 saturated carbocycles. The van der Waals surface area contributed by atoms with Crippen LogP contribution in [0.5, 0.6) is 0 Å². The molecule has 0 N–H and O–H groups in total. The number of hydrogen-bond donors (Lipinski definition) is 0. The maximum absolute atomic E-state index is 13.4. The first-order valence-corrected chi connectivity index (χ1v) is 6.71. The Bertz CT molecular complexity index is 182. The van der Waals surface area contributed by atoms with Gasteiger partial charge in [-0.15, -0.1) is 11.6 Å². The van der Waals surface area contributed by atoms with Crippen molar-refractivity contribution in [2.24, 2.45) is 0 Å². The van der Waals surface area contributed by atoms with Crippen LogP contribution in [0.3, 0.4) is 0 Å². The Balaban J connectivity index is 1.89. The van der Waals surface area contributed by atoms with E-state index < -0.39 is 6.17 Å². The van der Waals surface area contributed by atoms with Crippen molar-refractivity contribution >= 4 is 11.6 Å². The fraction of sp³-hybridized carbons (Fsp3) is 1.00. The average molecular weight is 234 g/mol. The maximum atomic E-state index is 13.4. The van der Waals surface area contributed by atoms with Crippen LogP contribution in [0, 0.1) is 0 Å². The van der Waals surface area contributed by atoms with Gasteiger partial charge in [0.2, 0.25) is 0 Å². The van der Waals surface area contributed by atoms with Crippen molar-refractivity contribution < 1.29 is 4.39 Å². The molecule has 1 heterocycles. The molecule has 1 saturated heterocycles. The van der Waals surface area contributed by atoms with Gasteiger partial charge in [0, 0.05) is 24.5 Å². The first-order valence-electron chi connectivity index (χ1n) is 6.28. The standard InChI is InChI=1S/C12H21ClFN/c13-10-7-11(14)9-15(8-10)12-5-3-1-2-4-6-12/h10-12H,1-9H2. The van der Waals surface area contributed by atoms with Gasteiger partial charge in [-0.2, -0.15) is 0 Å². The maximum Gasteiger partial charge on any atom is 0.114 e. The second-order valence-corrected chi connectivity index (χ2v) is 5.65. The van der Waals surface area contributed by atoms with Crippen LogP contribution in [0.4, 0.5) is 4.39 Å². The van der Waals surface area contributed by atoms with Crippen molar-refractivity contribution in [2.75, 3.05) is 13.1 Å². The van der Waals surface area contributed by atoms with Gasteiger partial charge in [0.05, 0.1) is 0 Å². The third-order valence-corrected chi connectivity index (χ3v) is 4.03. The number of piperidine rings is 1. The molecule has 2 fully saturated rings. The fourth-order valence-electron chi connectivity index (χ4n) is 2.93. The lowest BCUT2D eigenvalue weighted by molar-refractivity contribution is 0.0933. The Morgan fingerprint density at radius 1 is 1.00 bits per heavy atom. The largest absolute Gasteiger partial charge is 0.296 e. The summed E-state index contributed by atoms with van der Waals surface area (Å²) in [6.07, 6.45) is 7.67. The molecule has 15 heavy (non-hydrogen) atoms. The number of rotatable bonds is 1. The summed E-state index contributed by atoms with van der Waals surface area (Å²) in [6.45, 7) is 1.51. The molecule has 2 rings (SSSR count). The molecule has 88 valence electrons. The molecule has 2 aliphatic rings. The van der Waals surface area contributed by atoms with E-state index in [9.17, 15) is 4.39 Å². The van der Waals surface area contributed by atoms with Gasteiger partial charge in [0.25, 0.3) is 0 Å². The molecular formula is C12H21ClFN. The van der Waals surface area contributed by atoms with Crippen molar-refractivity contribution in [2.45, 2.75) is 62.5 Å². The van der Waals surface area contributed by atoms with E-state index in [-0.39, 0.29) is 5.38 Å². The van der Waals surface area contributed by atoms with Crippen LogP contribution in [0.1, 0.15) is 44.9 Å². The molecule has 0 radical (unpaired) electrons. The van der Waals surface area contributed by atoms with Crippen LogP contribution >= 0.6 is 11.6 Å². The highest BCUT2D eigenvalue weighted by Gasteiger charge is 2.30. The van der Waals surface area contributed by atoms with Crippen molar-refractivity contribution in [1.29, 1.82) is 0 Å². The number of hydrogen-bond acceptors (Lipinski definition) is 1. The highest BCUT2D eigenvalue weighted by Crippen LogP contribution is 2.27. The van der Waals surface area contributed by atoms with E-state index in [2.05, 4.69) is 4.90 Å². The summed E-state index contributed by atoms with van der Waals surface area (Å²) >= 11 is 6.08. The monoisotopic (exact) mass is 233 g/mol.